The molecule has 0 aromatic heterocycles. The van der Waals surface area contributed by atoms with E-state index in [-0.39, 0.29) is 0 Å². The third-order valence-corrected chi connectivity index (χ3v) is 3.29. The van der Waals surface area contributed by atoms with Gasteiger partial charge in [0.2, 0.25) is 0 Å². The molecule has 2 nitrogen and oxygen atoms in total. The fourth-order valence-corrected chi connectivity index (χ4v) is 2.41. The third-order valence-electron chi connectivity index (χ3n) is 1.98. The largest absolute Gasteiger partial charge is 0.319 e. The molecule has 0 aliphatic heterocycles. The van der Waals surface area contributed by atoms with Gasteiger partial charge in [0.1, 0.15) is 0 Å². The average molecular weight is 199 g/mol. The van der Waals surface area contributed by atoms with Gasteiger partial charge in [-0.05, 0) is 25.5 Å². The minimum absolute atomic E-state index is 0.699. The fourth-order valence-electron chi connectivity index (χ4n) is 1.25. The molecule has 0 heterocycles. The zero-order valence-electron chi connectivity index (χ0n) is 8.08. The maximum absolute atomic E-state index is 11.5. The van der Waals surface area contributed by atoms with Gasteiger partial charge in [0.25, 0.3) is 0 Å². The molecule has 1 rings (SSSR count). The highest BCUT2D eigenvalue weighted by Crippen LogP contribution is 2.10. The van der Waals surface area contributed by atoms with Crippen LogP contribution in [0.2, 0.25) is 0 Å². The molecule has 0 fully saturated rings. The Morgan fingerprint density at radius 1 is 1.54 bits per heavy atom. The lowest BCUT2D eigenvalue weighted by Gasteiger charge is -2.06. The summed E-state index contributed by atoms with van der Waals surface area (Å²) in [6.45, 7) is 0.837. The van der Waals surface area contributed by atoms with Gasteiger partial charge in [0, 0.05) is 28.9 Å². The van der Waals surface area contributed by atoms with E-state index in [9.17, 15) is 4.21 Å². The molecule has 13 heavy (non-hydrogen) atoms. The predicted octanol–water partition coefficient (Wildman–Crippen LogP) is 1.23. The molecule has 74 valence electrons. The van der Waals surface area contributed by atoms with Gasteiger partial charge >= 0.3 is 0 Å². The van der Waals surface area contributed by atoms with E-state index in [1.165, 1.54) is 5.57 Å². The van der Waals surface area contributed by atoms with Crippen LogP contribution in [0.4, 0.5) is 0 Å². The summed E-state index contributed by atoms with van der Waals surface area (Å²) in [7, 11) is 1.19. The zero-order chi connectivity index (χ0) is 9.52. The van der Waals surface area contributed by atoms with Crippen LogP contribution < -0.4 is 5.32 Å². The molecule has 0 amide bonds. The SMILES string of the molecule is CNCCS(=O)CC1=CCCC=C1. The number of nitrogens with one attached hydrogen (secondary N) is 1. The van der Waals surface area contributed by atoms with Crippen molar-refractivity contribution in [1.29, 1.82) is 0 Å². The van der Waals surface area contributed by atoms with Gasteiger partial charge in [-0.3, -0.25) is 4.21 Å². The van der Waals surface area contributed by atoms with Crippen LogP contribution in [-0.4, -0.2) is 29.3 Å². The van der Waals surface area contributed by atoms with E-state index in [1.807, 2.05) is 7.05 Å². The molecule has 0 radical (unpaired) electrons. The van der Waals surface area contributed by atoms with Gasteiger partial charge in [-0.15, -0.1) is 0 Å². The first kappa shape index (κ1) is 10.7. The highest BCUT2D eigenvalue weighted by atomic mass is 32.2. The second-order valence-corrected chi connectivity index (χ2v) is 4.73. The lowest BCUT2D eigenvalue weighted by Crippen LogP contribution is -2.17. The van der Waals surface area contributed by atoms with Gasteiger partial charge in [-0.2, -0.15) is 0 Å². The van der Waals surface area contributed by atoms with E-state index in [1.54, 1.807) is 0 Å². The summed E-state index contributed by atoms with van der Waals surface area (Å²) < 4.78 is 11.5. The Balaban J connectivity index is 2.27. The number of hydrogen-bond donors (Lipinski definition) is 1. The highest BCUT2D eigenvalue weighted by molar-refractivity contribution is 7.85. The summed E-state index contributed by atoms with van der Waals surface area (Å²) in [4.78, 5) is 0. The second-order valence-electron chi connectivity index (χ2n) is 3.15. The van der Waals surface area contributed by atoms with Crippen LogP contribution in [0.1, 0.15) is 12.8 Å². The summed E-state index contributed by atoms with van der Waals surface area (Å²) in [6.07, 6.45) is 8.68. The van der Waals surface area contributed by atoms with Crippen molar-refractivity contribution < 1.29 is 4.21 Å². The maximum atomic E-state index is 11.5. The minimum atomic E-state index is -0.699. The topological polar surface area (TPSA) is 29.1 Å². The summed E-state index contributed by atoms with van der Waals surface area (Å²) in [6, 6.07) is 0. The van der Waals surface area contributed by atoms with E-state index in [4.69, 9.17) is 0 Å². The second kappa shape index (κ2) is 6.11. The molecular formula is C10H17NOS. The van der Waals surface area contributed by atoms with Crippen LogP contribution in [0.3, 0.4) is 0 Å². The van der Waals surface area contributed by atoms with Crippen LogP contribution in [0, 0.1) is 0 Å². The van der Waals surface area contributed by atoms with E-state index >= 15 is 0 Å². The summed E-state index contributed by atoms with van der Waals surface area (Å²) in [5.41, 5.74) is 1.24. The van der Waals surface area contributed by atoms with Crippen LogP contribution in [0.15, 0.2) is 23.8 Å². The van der Waals surface area contributed by atoms with Gasteiger partial charge < -0.3 is 5.32 Å². The van der Waals surface area contributed by atoms with E-state index in [2.05, 4.69) is 23.5 Å². The molecule has 1 unspecified atom stereocenters. The van der Waals surface area contributed by atoms with Gasteiger partial charge in [-0.1, -0.05) is 18.2 Å². The molecule has 1 atom stereocenters. The van der Waals surface area contributed by atoms with Crippen LogP contribution in [-0.2, 0) is 10.8 Å². The maximum Gasteiger partial charge on any atom is 0.0482 e. The van der Waals surface area contributed by atoms with Gasteiger partial charge in [0.05, 0.1) is 0 Å². The zero-order valence-corrected chi connectivity index (χ0v) is 8.90. The number of hydrogen-bond acceptors (Lipinski definition) is 2. The van der Waals surface area contributed by atoms with Crippen LogP contribution in [0.25, 0.3) is 0 Å². The first-order valence-corrected chi connectivity index (χ1v) is 6.17. The summed E-state index contributed by atoms with van der Waals surface area (Å²) >= 11 is 0. The molecule has 3 heteroatoms. The number of allylic oxidation sites excluding steroid dienone is 3. The van der Waals surface area contributed by atoms with E-state index in [0.29, 0.717) is 0 Å². The van der Waals surface area contributed by atoms with Crippen LogP contribution >= 0.6 is 0 Å². The Labute approximate surface area is 82.6 Å². The van der Waals surface area contributed by atoms with Crippen LogP contribution in [0.5, 0.6) is 0 Å². The molecule has 0 aromatic carbocycles. The normalized spacial score (nSPS) is 18.4. The van der Waals surface area contributed by atoms with Crippen molar-refractivity contribution in [3.8, 4) is 0 Å². The quantitative estimate of drug-likeness (QED) is 0.721. The molecule has 0 saturated heterocycles. The standard InChI is InChI=1S/C10H17NOS/c1-11-7-8-13(12)9-10-5-3-2-4-6-10/h3,5-6,11H,2,4,7-9H2,1H3. The smallest absolute Gasteiger partial charge is 0.0482 e. The molecule has 1 aliphatic carbocycles. The lowest BCUT2D eigenvalue weighted by atomic mass is 10.1. The summed E-state index contributed by atoms with van der Waals surface area (Å²) in [5.74, 6) is 1.47. The Morgan fingerprint density at radius 2 is 2.38 bits per heavy atom. The Hall–Kier alpha value is -0.410. The highest BCUT2D eigenvalue weighted by Gasteiger charge is 2.03. The Bertz CT molecular complexity index is 233. The molecule has 0 bridgehead atoms. The molecule has 0 spiro atoms. The lowest BCUT2D eigenvalue weighted by molar-refractivity contribution is 0.681. The van der Waals surface area contributed by atoms with E-state index < -0.39 is 10.8 Å². The van der Waals surface area contributed by atoms with Crippen molar-refractivity contribution in [2.24, 2.45) is 0 Å². The fraction of sp³-hybridized carbons (Fsp3) is 0.600. The van der Waals surface area contributed by atoms with E-state index in [0.717, 1.165) is 30.9 Å². The first-order chi connectivity index (χ1) is 6.33. The minimum Gasteiger partial charge on any atom is -0.319 e. The van der Waals surface area contributed by atoms with Crippen molar-refractivity contribution in [2.45, 2.75) is 12.8 Å². The van der Waals surface area contributed by atoms with Crippen molar-refractivity contribution in [3.05, 3.63) is 23.8 Å². The predicted molar refractivity (Wildman–Crippen MR) is 58.3 cm³/mol. The average Bonchev–Trinajstić information content (AvgIpc) is 2.16. The monoisotopic (exact) mass is 199 g/mol. The van der Waals surface area contributed by atoms with Crippen molar-refractivity contribution >= 4 is 10.8 Å². The molecule has 1 aliphatic rings. The van der Waals surface area contributed by atoms with Gasteiger partial charge in [-0.25, -0.2) is 0 Å². The molecule has 1 N–H and O–H groups in total. The molecule has 0 aromatic rings. The summed E-state index contributed by atoms with van der Waals surface area (Å²) in [5, 5.41) is 3.01. The number of rotatable bonds is 5. The van der Waals surface area contributed by atoms with Crippen molar-refractivity contribution in [3.63, 3.8) is 0 Å². The van der Waals surface area contributed by atoms with Crippen molar-refractivity contribution in [1.82, 2.24) is 5.32 Å². The van der Waals surface area contributed by atoms with Gasteiger partial charge in [0.15, 0.2) is 0 Å². The molecule has 0 saturated carbocycles. The third kappa shape index (κ3) is 4.39. The Morgan fingerprint density at radius 3 is 3.00 bits per heavy atom. The molecular weight excluding hydrogens is 182 g/mol. The Kier molecular flexibility index (Phi) is 5.01. The van der Waals surface area contributed by atoms with Crippen molar-refractivity contribution in [2.75, 3.05) is 25.1 Å². The first-order valence-electron chi connectivity index (χ1n) is 4.68.